The van der Waals surface area contributed by atoms with Crippen LogP contribution in [0, 0.1) is 0 Å². The number of allylic oxidation sites excluding steroid dienone is 1. The summed E-state index contributed by atoms with van der Waals surface area (Å²) in [5.74, 6) is 1.26. The van der Waals surface area contributed by atoms with Crippen molar-refractivity contribution in [3.63, 3.8) is 0 Å². The Morgan fingerprint density at radius 1 is 1.50 bits per heavy atom. The van der Waals surface area contributed by atoms with Gasteiger partial charge in [0.2, 0.25) is 0 Å². The minimum Gasteiger partial charge on any atom is -0.494 e. The van der Waals surface area contributed by atoms with Crippen molar-refractivity contribution >= 4 is 5.78 Å². The highest BCUT2D eigenvalue weighted by molar-refractivity contribution is 5.98. The molecule has 2 heteroatoms. The molecule has 0 aromatic heterocycles. The van der Waals surface area contributed by atoms with Crippen molar-refractivity contribution < 1.29 is 9.53 Å². The number of ketones is 1. The van der Waals surface area contributed by atoms with Gasteiger partial charge in [-0.3, -0.25) is 4.79 Å². The number of hydrogen-bond acceptors (Lipinski definition) is 2. The van der Waals surface area contributed by atoms with Gasteiger partial charge in [0, 0.05) is 12.3 Å². The molecular weight excluding hydrogens is 200 g/mol. The number of carbonyl (C=O) groups excluding carboxylic acids is 1. The van der Waals surface area contributed by atoms with Crippen molar-refractivity contribution in [2.24, 2.45) is 0 Å². The van der Waals surface area contributed by atoms with Crippen molar-refractivity contribution in [3.8, 4) is 5.75 Å². The summed E-state index contributed by atoms with van der Waals surface area (Å²) in [5, 5.41) is 0. The van der Waals surface area contributed by atoms with E-state index in [0.29, 0.717) is 13.0 Å². The number of hydrogen-bond donors (Lipinski definition) is 0. The van der Waals surface area contributed by atoms with E-state index in [1.54, 1.807) is 0 Å². The average molecular weight is 216 g/mol. The Morgan fingerprint density at radius 3 is 2.94 bits per heavy atom. The van der Waals surface area contributed by atoms with Gasteiger partial charge in [-0.1, -0.05) is 18.7 Å². The van der Waals surface area contributed by atoms with Crippen LogP contribution in [0.25, 0.3) is 0 Å². The molecule has 84 valence electrons. The maximum Gasteiger partial charge on any atom is 0.158 e. The lowest BCUT2D eigenvalue weighted by Gasteiger charge is -2.12. The fourth-order valence-electron chi connectivity index (χ4n) is 2.16. The summed E-state index contributed by atoms with van der Waals surface area (Å²) < 4.78 is 5.45. The van der Waals surface area contributed by atoms with Crippen LogP contribution < -0.4 is 4.74 Å². The molecule has 1 fully saturated rings. The van der Waals surface area contributed by atoms with Gasteiger partial charge in [0.1, 0.15) is 5.75 Å². The lowest BCUT2D eigenvalue weighted by Crippen LogP contribution is -1.99. The van der Waals surface area contributed by atoms with Gasteiger partial charge in [-0.2, -0.15) is 0 Å². The molecule has 0 N–H and O–H groups in total. The van der Waals surface area contributed by atoms with Crippen LogP contribution in [0.4, 0.5) is 0 Å². The zero-order valence-corrected chi connectivity index (χ0v) is 9.53. The SMILES string of the molecule is C=C1C(=O)CCC1c1cccc(OCC)c1. The van der Waals surface area contributed by atoms with Gasteiger partial charge < -0.3 is 4.74 Å². The molecule has 1 saturated carbocycles. The number of ether oxygens (including phenoxy) is 1. The van der Waals surface area contributed by atoms with Crippen molar-refractivity contribution in [2.75, 3.05) is 6.61 Å². The van der Waals surface area contributed by atoms with Gasteiger partial charge >= 0.3 is 0 Å². The van der Waals surface area contributed by atoms with E-state index in [4.69, 9.17) is 4.74 Å². The molecule has 1 aromatic rings. The van der Waals surface area contributed by atoms with Crippen molar-refractivity contribution in [1.82, 2.24) is 0 Å². The predicted molar refractivity (Wildman–Crippen MR) is 63.7 cm³/mol. The molecule has 1 aliphatic rings. The molecule has 1 atom stereocenters. The van der Waals surface area contributed by atoms with Gasteiger partial charge in [-0.25, -0.2) is 0 Å². The maximum absolute atomic E-state index is 11.4. The van der Waals surface area contributed by atoms with E-state index in [-0.39, 0.29) is 11.7 Å². The first-order valence-corrected chi connectivity index (χ1v) is 5.67. The zero-order valence-electron chi connectivity index (χ0n) is 9.53. The van der Waals surface area contributed by atoms with Crippen LogP contribution in [0.5, 0.6) is 5.75 Å². The fraction of sp³-hybridized carbons (Fsp3) is 0.357. The van der Waals surface area contributed by atoms with Gasteiger partial charge in [-0.05, 0) is 36.6 Å². The molecule has 16 heavy (non-hydrogen) atoms. The standard InChI is InChI=1S/C14H16O2/c1-3-16-12-6-4-5-11(9-12)13-7-8-14(15)10(13)2/h4-6,9,13H,2-3,7-8H2,1H3. The molecule has 0 bridgehead atoms. The molecule has 1 aromatic carbocycles. The van der Waals surface area contributed by atoms with Gasteiger partial charge in [0.05, 0.1) is 6.61 Å². The largest absolute Gasteiger partial charge is 0.494 e. The molecule has 0 spiro atoms. The third kappa shape index (κ3) is 2.01. The molecule has 2 rings (SSSR count). The summed E-state index contributed by atoms with van der Waals surface area (Å²) in [4.78, 5) is 11.4. The van der Waals surface area contributed by atoms with E-state index in [1.165, 1.54) is 0 Å². The molecule has 1 aliphatic carbocycles. The summed E-state index contributed by atoms with van der Waals surface area (Å²) in [6.07, 6.45) is 1.51. The van der Waals surface area contributed by atoms with Crippen LogP contribution in [0.2, 0.25) is 0 Å². The Hall–Kier alpha value is -1.57. The third-order valence-corrected chi connectivity index (χ3v) is 3.01. The van der Waals surface area contributed by atoms with Crippen LogP contribution in [-0.4, -0.2) is 12.4 Å². The summed E-state index contributed by atoms with van der Waals surface area (Å²) in [7, 11) is 0. The van der Waals surface area contributed by atoms with Gasteiger partial charge in [0.25, 0.3) is 0 Å². The first-order chi connectivity index (χ1) is 7.72. The number of benzene rings is 1. The van der Waals surface area contributed by atoms with Crippen LogP contribution in [0.15, 0.2) is 36.4 Å². The predicted octanol–water partition coefficient (Wildman–Crippen LogP) is 3.09. The lowest BCUT2D eigenvalue weighted by atomic mass is 9.94. The normalized spacial score (nSPS) is 20.2. The molecule has 0 radical (unpaired) electrons. The maximum atomic E-state index is 11.4. The van der Waals surface area contributed by atoms with E-state index in [9.17, 15) is 4.79 Å². The highest BCUT2D eigenvalue weighted by atomic mass is 16.5. The van der Waals surface area contributed by atoms with Crippen LogP contribution in [0.3, 0.4) is 0 Å². The zero-order chi connectivity index (χ0) is 11.5. The van der Waals surface area contributed by atoms with Gasteiger partial charge in [-0.15, -0.1) is 0 Å². The Labute approximate surface area is 95.9 Å². The lowest BCUT2D eigenvalue weighted by molar-refractivity contribution is -0.114. The highest BCUT2D eigenvalue weighted by Gasteiger charge is 2.27. The Morgan fingerprint density at radius 2 is 2.31 bits per heavy atom. The Bertz CT molecular complexity index is 420. The third-order valence-electron chi connectivity index (χ3n) is 3.01. The smallest absolute Gasteiger partial charge is 0.158 e. The summed E-state index contributed by atoms with van der Waals surface area (Å²) >= 11 is 0. The van der Waals surface area contributed by atoms with Crippen LogP contribution in [-0.2, 0) is 4.79 Å². The average Bonchev–Trinajstić information content (AvgIpc) is 2.61. The van der Waals surface area contributed by atoms with Crippen molar-refractivity contribution in [2.45, 2.75) is 25.7 Å². The quantitative estimate of drug-likeness (QED) is 0.726. The second-order valence-corrected chi connectivity index (χ2v) is 4.05. The molecule has 2 nitrogen and oxygen atoms in total. The molecule has 0 saturated heterocycles. The Kier molecular flexibility index (Phi) is 3.09. The second kappa shape index (κ2) is 4.52. The minimum absolute atomic E-state index is 0.188. The van der Waals surface area contributed by atoms with E-state index >= 15 is 0 Å². The topological polar surface area (TPSA) is 26.3 Å². The molecule has 0 amide bonds. The van der Waals surface area contributed by atoms with Crippen molar-refractivity contribution in [1.29, 1.82) is 0 Å². The number of rotatable bonds is 3. The van der Waals surface area contributed by atoms with Gasteiger partial charge in [0.15, 0.2) is 5.78 Å². The first-order valence-electron chi connectivity index (χ1n) is 5.67. The first kappa shape index (κ1) is 10.9. The summed E-state index contributed by atoms with van der Waals surface area (Å²) in [6, 6.07) is 7.96. The minimum atomic E-state index is 0.188. The summed E-state index contributed by atoms with van der Waals surface area (Å²) in [6.45, 7) is 6.50. The fourth-order valence-corrected chi connectivity index (χ4v) is 2.16. The molecular formula is C14H16O2. The molecule has 1 unspecified atom stereocenters. The molecule has 0 heterocycles. The van der Waals surface area contributed by atoms with E-state index in [1.807, 2.05) is 31.2 Å². The van der Waals surface area contributed by atoms with E-state index in [0.717, 1.165) is 23.3 Å². The van der Waals surface area contributed by atoms with Crippen LogP contribution >= 0.6 is 0 Å². The van der Waals surface area contributed by atoms with Crippen molar-refractivity contribution in [3.05, 3.63) is 42.0 Å². The number of carbonyl (C=O) groups is 1. The highest BCUT2D eigenvalue weighted by Crippen LogP contribution is 2.36. The molecule has 0 aliphatic heterocycles. The summed E-state index contributed by atoms with van der Waals surface area (Å²) in [5.41, 5.74) is 1.88. The monoisotopic (exact) mass is 216 g/mol. The second-order valence-electron chi connectivity index (χ2n) is 4.05. The van der Waals surface area contributed by atoms with E-state index in [2.05, 4.69) is 6.58 Å². The Balaban J connectivity index is 2.23. The van der Waals surface area contributed by atoms with Crippen LogP contribution in [0.1, 0.15) is 31.2 Å². The number of Topliss-reactive ketones (excluding diaryl/α,β-unsaturated/α-hetero) is 1. The van der Waals surface area contributed by atoms with E-state index < -0.39 is 0 Å².